The first-order chi connectivity index (χ1) is 9.72. The van der Waals surface area contributed by atoms with E-state index >= 15 is 0 Å². The van der Waals surface area contributed by atoms with E-state index in [1.54, 1.807) is 6.20 Å². The lowest BCUT2D eigenvalue weighted by Crippen LogP contribution is -2.46. The molecule has 20 heavy (non-hydrogen) atoms. The summed E-state index contributed by atoms with van der Waals surface area (Å²) in [5.41, 5.74) is 1.14. The number of hydrogen-bond acceptors (Lipinski definition) is 3. The molecule has 1 saturated heterocycles. The number of rotatable bonds is 3. The molecule has 1 aliphatic rings. The zero-order chi connectivity index (χ0) is 13.9. The number of hydrogen-bond donors (Lipinski definition) is 1. The highest BCUT2D eigenvalue weighted by Gasteiger charge is 2.18. The molecule has 106 valence electrons. The second-order valence-electron chi connectivity index (χ2n) is 4.90. The van der Waals surface area contributed by atoms with Crippen molar-refractivity contribution >= 4 is 28.9 Å². The van der Waals surface area contributed by atoms with Crippen molar-refractivity contribution in [2.24, 2.45) is 0 Å². The molecule has 0 radical (unpaired) electrons. The molecule has 1 aromatic heterocycles. The van der Waals surface area contributed by atoms with Crippen LogP contribution in [-0.2, 0) is 6.54 Å². The van der Waals surface area contributed by atoms with Crippen LogP contribution in [0.1, 0.15) is 5.82 Å². The molecule has 1 fully saturated rings. The van der Waals surface area contributed by atoms with Crippen molar-refractivity contribution in [3.8, 4) is 0 Å². The fourth-order valence-corrected chi connectivity index (χ4v) is 2.73. The summed E-state index contributed by atoms with van der Waals surface area (Å²) in [6.07, 6.45) is 3.66. The van der Waals surface area contributed by atoms with E-state index < -0.39 is 0 Å². The van der Waals surface area contributed by atoms with Crippen molar-refractivity contribution in [3.05, 3.63) is 46.5 Å². The Bertz CT molecular complexity index is 563. The van der Waals surface area contributed by atoms with Gasteiger partial charge in [-0.25, -0.2) is 4.98 Å². The molecule has 1 N–H and O–H groups in total. The molecular formula is C14H16Cl2N4. The minimum Gasteiger partial charge on any atom is -0.369 e. The number of anilines is 1. The summed E-state index contributed by atoms with van der Waals surface area (Å²) in [5.74, 6) is 1.02. The Hall–Kier alpha value is -1.23. The molecular weight excluding hydrogens is 295 g/mol. The summed E-state index contributed by atoms with van der Waals surface area (Å²) in [5, 5.41) is 1.22. The van der Waals surface area contributed by atoms with Gasteiger partial charge in [-0.1, -0.05) is 23.2 Å². The van der Waals surface area contributed by atoms with E-state index in [-0.39, 0.29) is 0 Å². The molecule has 1 aromatic carbocycles. The Labute approximate surface area is 128 Å². The van der Waals surface area contributed by atoms with Gasteiger partial charge in [-0.15, -0.1) is 0 Å². The minimum atomic E-state index is 0.604. The van der Waals surface area contributed by atoms with Crippen molar-refractivity contribution in [1.82, 2.24) is 14.9 Å². The van der Waals surface area contributed by atoms with Crippen LogP contribution in [0.4, 0.5) is 5.69 Å². The molecule has 2 heterocycles. The van der Waals surface area contributed by atoms with Gasteiger partial charge in [-0.3, -0.25) is 4.90 Å². The lowest BCUT2D eigenvalue weighted by Gasteiger charge is -2.35. The topological polar surface area (TPSA) is 35.2 Å². The van der Waals surface area contributed by atoms with Crippen LogP contribution < -0.4 is 4.90 Å². The molecule has 6 heteroatoms. The highest BCUT2D eigenvalue weighted by Crippen LogP contribution is 2.27. The van der Waals surface area contributed by atoms with Crippen molar-refractivity contribution < 1.29 is 0 Å². The molecule has 4 nitrogen and oxygen atoms in total. The number of nitrogens with one attached hydrogen (secondary N) is 1. The van der Waals surface area contributed by atoms with Gasteiger partial charge in [-0.2, -0.15) is 0 Å². The molecule has 2 aromatic rings. The molecule has 0 aliphatic carbocycles. The van der Waals surface area contributed by atoms with Crippen molar-refractivity contribution in [2.45, 2.75) is 6.54 Å². The highest BCUT2D eigenvalue weighted by molar-refractivity contribution is 6.42. The second-order valence-corrected chi connectivity index (χ2v) is 5.71. The summed E-state index contributed by atoms with van der Waals surface area (Å²) in [7, 11) is 0. The maximum Gasteiger partial charge on any atom is 0.120 e. The van der Waals surface area contributed by atoms with E-state index in [0.717, 1.165) is 44.2 Å². The average molecular weight is 311 g/mol. The zero-order valence-electron chi connectivity index (χ0n) is 11.0. The van der Waals surface area contributed by atoms with Crippen LogP contribution in [-0.4, -0.2) is 41.0 Å². The van der Waals surface area contributed by atoms with Gasteiger partial charge in [0.15, 0.2) is 0 Å². The van der Waals surface area contributed by atoms with Gasteiger partial charge in [0.25, 0.3) is 0 Å². The average Bonchev–Trinajstić information content (AvgIpc) is 2.96. The summed E-state index contributed by atoms with van der Waals surface area (Å²) < 4.78 is 0. The third-order valence-corrected chi connectivity index (χ3v) is 4.31. The van der Waals surface area contributed by atoms with Crippen LogP contribution in [0.5, 0.6) is 0 Å². The lowest BCUT2D eigenvalue weighted by atomic mass is 10.2. The van der Waals surface area contributed by atoms with Crippen LogP contribution in [0.2, 0.25) is 10.0 Å². The van der Waals surface area contributed by atoms with Crippen LogP contribution in [0, 0.1) is 0 Å². The van der Waals surface area contributed by atoms with E-state index in [0.29, 0.717) is 10.0 Å². The maximum atomic E-state index is 6.08. The van der Waals surface area contributed by atoms with E-state index in [1.165, 1.54) is 0 Å². The van der Waals surface area contributed by atoms with Gasteiger partial charge < -0.3 is 9.88 Å². The van der Waals surface area contributed by atoms with Gasteiger partial charge in [0, 0.05) is 44.3 Å². The van der Waals surface area contributed by atoms with E-state index in [2.05, 4.69) is 19.8 Å². The van der Waals surface area contributed by atoms with Gasteiger partial charge in [0.05, 0.1) is 16.6 Å². The quantitative estimate of drug-likeness (QED) is 0.946. The van der Waals surface area contributed by atoms with Gasteiger partial charge >= 0.3 is 0 Å². The number of imidazole rings is 1. The minimum absolute atomic E-state index is 0.604. The Balaban J connectivity index is 1.59. The van der Waals surface area contributed by atoms with E-state index in [1.807, 2.05) is 24.4 Å². The number of piperazine rings is 1. The molecule has 0 amide bonds. The lowest BCUT2D eigenvalue weighted by molar-refractivity contribution is 0.244. The summed E-state index contributed by atoms with van der Waals surface area (Å²) >= 11 is 12.0. The third kappa shape index (κ3) is 3.08. The molecule has 1 aliphatic heterocycles. The fourth-order valence-electron chi connectivity index (χ4n) is 2.44. The van der Waals surface area contributed by atoms with Gasteiger partial charge in [0.1, 0.15) is 5.82 Å². The zero-order valence-corrected chi connectivity index (χ0v) is 12.5. The number of H-pyrrole nitrogens is 1. The molecule has 0 atom stereocenters. The third-order valence-electron chi connectivity index (χ3n) is 3.57. The summed E-state index contributed by atoms with van der Waals surface area (Å²) in [4.78, 5) is 12.1. The first-order valence-corrected chi connectivity index (χ1v) is 7.38. The SMILES string of the molecule is Clc1ccc(N2CCN(Cc3ncc[nH]3)CC2)cc1Cl. The Morgan fingerprint density at radius 3 is 2.55 bits per heavy atom. The monoisotopic (exact) mass is 310 g/mol. The molecule has 3 rings (SSSR count). The molecule has 0 spiro atoms. The number of halogens is 2. The summed E-state index contributed by atoms with van der Waals surface area (Å²) in [6, 6.07) is 5.82. The van der Waals surface area contributed by atoms with Crippen LogP contribution in [0.25, 0.3) is 0 Å². The largest absolute Gasteiger partial charge is 0.369 e. The standard InChI is InChI=1S/C14H16Cl2N4/c15-12-2-1-11(9-13(12)16)20-7-5-19(6-8-20)10-14-17-3-4-18-14/h1-4,9H,5-8,10H2,(H,17,18). The molecule has 0 saturated carbocycles. The Morgan fingerprint density at radius 2 is 1.90 bits per heavy atom. The Morgan fingerprint density at radius 1 is 1.10 bits per heavy atom. The predicted octanol–water partition coefficient (Wildman–Crippen LogP) is 3.04. The normalized spacial score (nSPS) is 16.6. The maximum absolute atomic E-state index is 6.08. The fraction of sp³-hybridized carbons (Fsp3) is 0.357. The van der Waals surface area contributed by atoms with Crippen LogP contribution in [0.15, 0.2) is 30.6 Å². The number of aromatic amines is 1. The van der Waals surface area contributed by atoms with Gasteiger partial charge in [0.2, 0.25) is 0 Å². The van der Waals surface area contributed by atoms with Crippen molar-refractivity contribution in [3.63, 3.8) is 0 Å². The second kappa shape index (κ2) is 6.04. The smallest absolute Gasteiger partial charge is 0.120 e. The molecule has 0 unspecified atom stereocenters. The van der Waals surface area contributed by atoms with Crippen molar-refractivity contribution in [1.29, 1.82) is 0 Å². The summed E-state index contributed by atoms with van der Waals surface area (Å²) in [6.45, 7) is 4.88. The van der Waals surface area contributed by atoms with Crippen LogP contribution in [0.3, 0.4) is 0 Å². The number of benzene rings is 1. The Kier molecular flexibility index (Phi) is 4.15. The first-order valence-electron chi connectivity index (χ1n) is 6.63. The van der Waals surface area contributed by atoms with Crippen molar-refractivity contribution in [2.75, 3.05) is 31.1 Å². The van der Waals surface area contributed by atoms with Crippen LogP contribution >= 0.6 is 23.2 Å². The molecule has 0 bridgehead atoms. The number of nitrogens with zero attached hydrogens (tertiary/aromatic N) is 3. The number of aromatic nitrogens is 2. The predicted molar refractivity (Wildman–Crippen MR) is 82.5 cm³/mol. The first kappa shape index (κ1) is 13.7. The van der Waals surface area contributed by atoms with E-state index in [4.69, 9.17) is 23.2 Å². The van der Waals surface area contributed by atoms with Gasteiger partial charge in [-0.05, 0) is 18.2 Å². The highest BCUT2D eigenvalue weighted by atomic mass is 35.5. The van der Waals surface area contributed by atoms with E-state index in [9.17, 15) is 0 Å².